The van der Waals surface area contributed by atoms with Crippen LogP contribution in [-0.4, -0.2) is 37.1 Å². The molecule has 0 aliphatic rings. The molecular weight excluding hydrogens is 418 g/mol. The Hall–Kier alpha value is -3.59. The Morgan fingerprint density at radius 3 is 2.32 bits per heavy atom. The molecule has 0 radical (unpaired) electrons. The first-order valence-electron chi connectivity index (χ1n) is 9.47. The zero-order valence-corrected chi connectivity index (χ0v) is 18.4. The van der Waals surface area contributed by atoms with Crippen LogP contribution in [0.25, 0.3) is 10.6 Å². The van der Waals surface area contributed by atoms with E-state index in [0.29, 0.717) is 33.4 Å². The molecular formula is C22H23N3O5S. The highest BCUT2D eigenvalue weighted by Crippen LogP contribution is 2.38. The molecule has 0 atom stereocenters. The van der Waals surface area contributed by atoms with E-state index in [1.165, 1.54) is 11.3 Å². The summed E-state index contributed by atoms with van der Waals surface area (Å²) < 4.78 is 16.3. The van der Waals surface area contributed by atoms with Crippen LogP contribution in [0.1, 0.15) is 34.7 Å². The summed E-state index contributed by atoms with van der Waals surface area (Å²) in [5.41, 5.74) is 6.03. The van der Waals surface area contributed by atoms with E-state index in [-0.39, 0.29) is 11.8 Å². The van der Waals surface area contributed by atoms with Crippen LogP contribution in [0.15, 0.2) is 47.8 Å². The van der Waals surface area contributed by atoms with E-state index in [2.05, 4.69) is 15.8 Å². The number of methoxy groups -OCH3 is 2. The quantitative estimate of drug-likeness (QED) is 0.543. The van der Waals surface area contributed by atoms with Crippen molar-refractivity contribution in [3.63, 3.8) is 0 Å². The fraction of sp³-hybridized carbons (Fsp3) is 0.227. The largest absolute Gasteiger partial charge is 0.493 e. The zero-order valence-electron chi connectivity index (χ0n) is 17.6. The summed E-state index contributed by atoms with van der Waals surface area (Å²) >= 11 is 1.28. The summed E-state index contributed by atoms with van der Waals surface area (Å²) in [5, 5.41) is 2.20. The van der Waals surface area contributed by atoms with Gasteiger partial charge in [-0.05, 0) is 50.2 Å². The number of thiazole rings is 1. The molecule has 2 N–H and O–H groups in total. The van der Waals surface area contributed by atoms with Gasteiger partial charge < -0.3 is 14.2 Å². The number of hydrogen-bond acceptors (Lipinski definition) is 7. The van der Waals surface area contributed by atoms with E-state index in [4.69, 9.17) is 14.2 Å². The molecule has 2 aromatic carbocycles. The van der Waals surface area contributed by atoms with Gasteiger partial charge >= 0.3 is 0 Å². The molecule has 0 unspecified atom stereocenters. The Morgan fingerprint density at radius 2 is 1.68 bits per heavy atom. The molecule has 0 aliphatic heterocycles. The van der Waals surface area contributed by atoms with Crippen LogP contribution in [-0.2, 0) is 0 Å². The average Bonchev–Trinajstić information content (AvgIpc) is 3.27. The Bertz CT molecular complexity index is 1060. The van der Waals surface area contributed by atoms with Crippen molar-refractivity contribution in [2.24, 2.45) is 0 Å². The highest BCUT2D eigenvalue weighted by atomic mass is 32.1. The van der Waals surface area contributed by atoms with E-state index in [0.717, 1.165) is 0 Å². The van der Waals surface area contributed by atoms with Crippen molar-refractivity contribution in [3.8, 4) is 27.8 Å². The predicted molar refractivity (Wildman–Crippen MR) is 118 cm³/mol. The van der Waals surface area contributed by atoms with Gasteiger partial charge in [0.15, 0.2) is 11.5 Å². The van der Waals surface area contributed by atoms with Gasteiger partial charge in [0.25, 0.3) is 11.8 Å². The van der Waals surface area contributed by atoms with Crippen molar-refractivity contribution in [3.05, 3.63) is 59.1 Å². The van der Waals surface area contributed by atoms with Crippen LogP contribution in [0.4, 0.5) is 0 Å². The molecule has 31 heavy (non-hydrogen) atoms. The Labute approximate surface area is 184 Å². The molecule has 0 spiro atoms. The number of amides is 2. The lowest BCUT2D eigenvalue weighted by atomic mass is 10.2. The van der Waals surface area contributed by atoms with Crippen LogP contribution in [0.5, 0.6) is 17.2 Å². The van der Waals surface area contributed by atoms with Crippen LogP contribution in [0.2, 0.25) is 0 Å². The summed E-state index contributed by atoms with van der Waals surface area (Å²) in [7, 11) is 3.09. The van der Waals surface area contributed by atoms with Gasteiger partial charge in [-0.2, -0.15) is 0 Å². The van der Waals surface area contributed by atoms with Gasteiger partial charge in [0.2, 0.25) is 0 Å². The lowest BCUT2D eigenvalue weighted by Gasteiger charge is -2.11. The number of aromatic nitrogens is 1. The summed E-state index contributed by atoms with van der Waals surface area (Å²) in [4.78, 5) is 29.1. The van der Waals surface area contributed by atoms with E-state index < -0.39 is 11.8 Å². The first-order valence-corrected chi connectivity index (χ1v) is 10.3. The summed E-state index contributed by atoms with van der Waals surface area (Å²) in [6, 6.07) is 12.1. The number of ether oxygens (including phenoxy) is 3. The number of para-hydroxylation sites is 1. The summed E-state index contributed by atoms with van der Waals surface area (Å²) in [6.45, 7) is 3.84. The second-order valence-corrected chi connectivity index (χ2v) is 7.54. The monoisotopic (exact) mass is 441 g/mol. The number of benzene rings is 2. The van der Waals surface area contributed by atoms with E-state index in [9.17, 15) is 9.59 Å². The van der Waals surface area contributed by atoms with E-state index in [1.54, 1.807) is 49.9 Å². The normalized spacial score (nSPS) is 10.5. The van der Waals surface area contributed by atoms with Crippen molar-refractivity contribution in [1.82, 2.24) is 15.8 Å². The molecule has 2 amide bonds. The highest BCUT2D eigenvalue weighted by molar-refractivity contribution is 7.13. The van der Waals surface area contributed by atoms with Crippen LogP contribution < -0.4 is 25.1 Å². The van der Waals surface area contributed by atoms with Crippen molar-refractivity contribution < 1.29 is 23.8 Å². The lowest BCUT2D eigenvalue weighted by molar-refractivity contribution is 0.0844. The average molecular weight is 442 g/mol. The first kappa shape index (κ1) is 22.1. The van der Waals surface area contributed by atoms with Crippen LogP contribution in [0.3, 0.4) is 0 Å². The molecule has 9 heteroatoms. The maximum absolute atomic E-state index is 12.4. The minimum atomic E-state index is -0.530. The fourth-order valence-electron chi connectivity index (χ4n) is 2.76. The Balaban J connectivity index is 1.65. The predicted octanol–water partition coefficient (Wildman–Crippen LogP) is 3.69. The van der Waals surface area contributed by atoms with Gasteiger partial charge in [-0.25, -0.2) is 4.98 Å². The molecule has 0 fully saturated rings. The number of rotatable bonds is 7. The number of carbonyl (C=O) groups is 2. The van der Waals surface area contributed by atoms with E-state index in [1.807, 2.05) is 26.0 Å². The number of carbonyl (C=O) groups excluding carboxylic acids is 2. The molecule has 162 valence electrons. The second kappa shape index (κ2) is 9.94. The van der Waals surface area contributed by atoms with Crippen molar-refractivity contribution >= 4 is 23.2 Å². The minimum Gasteiger partial charge on any atom is -0.493 e. The third-order valence-electron chi connectivity index (χ3n) is 4.15. The van der Waals surface area contributed by atoms with Crippen LogP contribution in [0, 0.1) is 0 Å². The fourth-order valence-corrected chi connectivity index (χ4v) is 3.59. The van der Waals surface area contributed by atoms with E-state index >= 15 is 0 Å². The second-order valence-electron chi connectivity index (χ2n) is 6.68. The standard InChI is InChI=1S/C22H23N3O5S/c1-13(2)30-15-10-8-14(9-11-15)20(26)24-25-21(27)17-12-31-22(23-17)16-6-5-7-18(28-3)19(16)29-4/h5-13H,1-4H3,(H,24,26)(H,25,27). The number of nitrogens with zero attached hydrogens (tertiary/aromatic N) is 1. The minimum absolute atomic E-state index is 0.0407. The van der Waals surface area contributed by atoms with Gasteiger partial charge in [0.05, 0.1) is 25.9 Å². The Kier molecular flexibility index (Phi) is 7.09. The zero-order chi connectivity index (χ0) is 22.4. The summed E-state index contributed by atoms with van der Waals surface area (Å²) in [6.07, 6.45) is 0.0407. The molecule has 0 aliphatic carbocycles. The molecule has 1 aromatic heterocycles. The smallest absolute Gasteiger partial charge is 0.289 e. The molecule has 1 heterocycles. The van der Waals surface area contributed by atoms with Gasteiger partial charge in [0.1, 0.15) is 16.5 Å². The number of hydrazine groups is 1. The number of nitrogens with one attached hydrogen (secondary N) is 2. The number of hydrogen-bond donors (Lipinski definition) is 2. The van der Waals surface area contributed by atoms with Crippen molar-refractivity contribution in [2.45, 2.75) is 20.0 Å². The van der Waals surface area contributed by atoms with Gasteiger partial charge in [-0.1, -0.05) is 6.07 Å². The van der Waals surface area contributed by atoms with Gasteiger partial charge in [-0.15, -0.1) is 11.3 Å². The summed E-state index contributed by atoms with van der Waals surface area (Å²) in [5.74, 6) is 0.785. The molecule has 8 nitrogen and oxygen atoms in total. The maximum Gasteiger partial charge on any atom is 0.289 e. The molecule has 0 bridgehead atoms. The van der Waals surface area contributed by atoms with Crippen LogP contribution >= 0.6 is 11.3 Å². The molecule has 3 rings (SSSR count). The van der Waals surface area contributed by atoms with Crippen molar-refractivity contribution in [1.29, 1.82) is 0 Å². The maximum atomic E-state index is 12.4. The molecule has 0 saturated heterocycles. The molecule has 0 saturated carbocycles. The third kappa shape index (κ3) is 5.32. The Morgan fingerprint density at radius 1 is 0.968 bits per heavy atom. The lowest BCUT2D eigenvalue weighted by Crippen LogP contribution is -2.41. The van der Waals surface area contributed by atoms with Gasteiger partial charge in [0, 0.05) is 10.9 Å². The topological polar surface area (TPSA) is 98.8 Å². The highest BCUT2D eigenvalue weighted by Gasteiger charge is 2.17. The molecule has 3 aromatic rings. The SMILES string of the molecule is COc1cccc(-c2nc(C(=O)NNC(=O)c3ccc(OC(C)C)cc3)cs2)c1OC. The van der Waals surface area contributed by atoms with Gasteiger partial charge in [-0.3, -0.25) is 20.4 Å². The third-order valence-corrected chi connectivity index (χ3v) is 5.02. The first-order chi connectivity index (χ1) is 14.9. The van der Waals surface area contributed by atoms with Crippen molar-refractivity contribution in [2.75, 3.05) is 14.2 Å².